The van der Waals surface area contributed by atoms with Gasteiger partial charge >= 0.3 is 0 Å². The van der Waals surface area contributed by atoms with Crippen molar-refractivity contribution in [2.75, 3.05) is 39.3 Å². The Morgan fingerprint density at radius 2 is 1.67 bits per heavy atom. The zero-order valence-corrected chi connectivity index (χ0v) is 17.7. The van der Waals surface area contributed by atoms with E-state index in [1.54, 1.807) is 12.1 Å². The lowest BCUT2D eigenvalue weighted by Gasteiger charge is -2.34. The molecule has 160 valence electrons. The molecule has 6 heteroatoms. The molecule has 0 aliphatic carbocycles. The average Bonchev–Trinajstić information content (AvgIpc) is 2.79. The number of rotatable bonds is 9. The second-order valence-electron chi connectivity index (χ2n) is 7.46. The van der Waals surface area contributed by atoms with E-state index in [1.165, 1.54) is 5.56 Å². The van der Waals surface area contributed by atoms with E-state index in [1.807, 2.05) is 42.2 Å². The van der Waals surface area contributed by atoms with Gasteiger partial charge in [0.2, 0.25) is 5.91 Å². The summed E-state index contributed by atoms with van der Waals surface area (Å²) in [5, 5.41) is 2.88. The maximum atomic E-state index is 12.5. The van der Waals surface area contributed by atoms with E-state index in [0.29, 0.717) is 31.6 Å². The number of nitrogens with one attached hydrogen (secondary N) is 1. The highest BCUT2D eigenvalue weighted by Gasteiger charge is 2.20. The number of amides is 2. The first-order valence-electron chi connectivity index (χ1n) is 10.7. The minimum absolute atomic E-state index is 0.0917. The second-order valence-corrected chi connectivity index (χ2v) is 7.46. The predicted molar refractivity (Wildman–Crippen MR) is 117 cm³/mol. The quantitative estimate of drug-likeness (QED) is 0.647. The third-order valence-corrected chi connectivity index (χ3v) is 5.25. The van der Waals surface area contributed by atoms with Gasteiger partial charge in [0.05, 0.1) is 6.61 Å². The Hall–Kier alpha value is -2.86. The van der Waals surface area contributed by atoms with Crippen LogP contribution in [0.2, 0.25) is 0 Å². The van der Waals surface area contributed by atoms with Crippen LogP contribution in [0.25, 0.3) is 0 Å². The zero-order chi connectivity index (χ0) is 21.2. The van der Waals surface area contributed by atoms with Crippen LogP contribution in [-0.4, -0.2) is 60.9 Å². The molecule has 3 rings (SSSR count). The number of carbonyl (C=O) groups excluding carboxylic acids is 2. The van der Waals surface area contributed by atoms with Crippen LogP contribution in [-0.2, 0) is 11.3 Å². The van der Waals surface area contributed by atoms with Crippen molar-refractivity contribution in [2.45, 2.75) is 26.3 Å². The van der Waals surface area contributed by atoms with Crippen molar-refractivity contribution < 1.29 is 14.3 Å². The molecule has 0 radical (unpaired) electrons. The summed E-state index contributed by atoms with van der Waals surface area (Å²) >= 11 is 0. The molecule has 6 nitrogen and oxygen atoms in total. The van der Waals surface area contributed by atoms with Gasteiger partial charge in [0, 0.05) is 51.3 Å². The standard InChI is InChI=1S/C24H31N3O3/c1-2-30-22-12-10-20(11-13-22)19-26-15-17-27(18-16-26)23(28)9-6-14-25-24(29)21-7-4-3-5-8-21/h3-5,7-8,10-13H,2,6,9,14-19H2,1H3,(H,25,29). The minimum Gasteiger partial charge on any atom is -0.494 e. The molecule has 0 saturated carbocycles. The molecule has 1 heterocycles. The first kappa shape index (κ1) is 21.8. The van der Waals surface area contributed by atoms with Crippen molar-refractivity contribution in [3.63, 3.8) is 0 Å². The second kappa shape index (κ2) is 11.4. The van der Waals surface area contributed by atoms with Crippen molar-refractivity contribution in [2.24, 2.45) is 0 Å². The van der Waals surface area contributed by atoms with Gasteiger partial charge in [-0.15, -0.1) is 0 Å². The molecular weight excluding hydrogens is 378 g/mol. The van der Waals surface area contributed by atoms with Crippen LogP contribution < -0.4 is 10.1 Å². The summed E-state index contributed by atoms with van der Waals surface area (Å²) in [6.45, 7) is 7.33. The molecule has 30 heavy (non-hydrogen) atoms. The van der Waals surface area contributed by atoms with Gasteiger partial charge in [-0.2, -0.15) is 0 Å². The zero-order valence-electron chi connectivity index (χ0n) is 17.7. The molecule has 0 unspecified atom stereocenters. The first-order valence-corrected chi connectivity index (χ1v) is 10.7. The Bertz CT molecular complexity index is 800. The first-order chi connectivity index (χ1) is 14.7. The summed E-state index contributed by atoms with van der Waals surface area (Å²) in [4.78, 5) is 28.8. The van der Waals surface area contributed by atoms with Gasteiger partial charge in [-0.05, 0) is 43.2 Å². The molecule has 1 saturated heterocycles. The topological polar surface area (TPSA) is 61.9 Å². The van der Waals surface area contributed by atoms with E-state index >= 15 is 0 Å². The third-order valence-electron chi connectivity index (χ3n) is 5.25. The van der Waals surface area contributed by atoms with E-state index < -0.39 is 0 Å². The lowest BCUT2D eigenvalue weighted by molar-refractivity contribution is -0.133. The van der Waals surface area contributed by atoms with Gasteiger partial charge in [-0.3, -0.25) is 14.5 Å². The largest absolute Gasteiger partial charge is 0.494 e. The molecule has 1 fully saturated rings. The lowest BCUT2D eigenvalue weighted by atomic mass is 10.1. The Labute approximate surface area is 178 Å². The molecule has 0 bridgehead atoms. The van der Waals surface area contributed by atoms with Crippen LogP contribution in [0, 0.1) is 0 Å². The number of hydrogen-bond acceptors (Lipinski definition) is 4. The molecule has 1 N–H and O–H groups in total. The van der Waals surface area contributed by atoms with Crippen molar-refractivity contribution in [1.29, 1.82) is 0 Å². The van der Waals surface area contributed by atoms with Crippen molar-refractivity contribution in [3.8, 4) is 5.75 Å². The van der Waals surface area contributed by atoms with Gasteiger partial charge in [-0.1, -0.05) is 30.3 Å². The van der Waals surface area contributed by atoms with Crippen LogP contribution in [0.1, 0.15) is 35.7 Å². The number of hydrogen-bond donors (Lipinski definition) is 1. The summed E-state index contributed by atoms with van der Waals surface area (Å²) in [7, 11) is 0. The number of nitrogens with zero attached hydrogens (tertiary/aromatic N) is 2. The summed E-state index contributed by atoms with van der Waals surface area (Å²) in [5.74, 6) is 0.979. The van der Waals surface area contributed by atoms with E-state index in [-0.39, 0.29) is 11.8 Å². The molecule has 1 aliphatic rings. The highest BCUT2D eigenvalue weighted by molar-refractivity contribution is 5.94. The van der Waals surface area contributed by atoms with E-state index in [2.05, 4.69) is 22.3 Å². The summed E-state index contributed by atoms with van der Waals surface area (Å²) < 4.78 is 5.49. The Balaban J connectivity index is 1.32. The highest BCUT2D eigenvalue weighted by atomic mass is 16.5. The highest BCUT2D eigenvalue weighted by Crippen LogP contribution is 2.15. The number of benzene rings is 2. The maximum Gasteiger partial charge on any atom is 0.251 e. The molecule has 2 amide bonds. The third kappa shape index (κ3) is 6.59. The molecule has 1 aliphatic heterocycles. The van der Waals surface area contributed by atoms with E-state index in [4.69, 9.17) is 4.74 Å². The van der Waals surface area contributed by atoms with E-state index in [0.717, 1.165) is 38.5 Å². The monoisotopic (exact) mass is 409 g/mol. The molecular formula is C24H31N3O3. The number of ether oxygens (including phenoxy) is 1. The lowest BCUT2D eigenvalue weighted by Crippen LogP contribution is -2.48. The Kier molecular flexibility index (Phi) is 8.27. The maximum absolute atomic E-state index is 12.5. The van der Waals surface area contributed by atoms with Gasteiger partial charge in [0.15, 0.2) is 0 Å². The van der Waals surface area contributed by atoms with Crippen LogP contribution in [0.15, 0.2) is 54.6 Å². The summed E-state index contributed by atoms with van der Waals surface area (Å²) in [5.41, 5.74) is 1.90. The van der Waals surface area contributed by atoms with Gasteiger partial charge in [0.1, 0.15) is 5.75 Å². The van der Waals surface area contributed by atoms with Gasteiger partial charge in [-0.25, -0.2) is 0 Å². The van der Waals surface area contributed by atoms with Crippen molar-refractivity contribution in [3.05, 3.63) is 65.7 Å². The fourth-order valence-electron chi connectivity index (χ4n) is 3.56. The van der Waals surface area contributed by atoms with Crippen LogP contribution in [0.3, 0.4) is 0 Å². The molecule has 0 spiro atoms. The van der Waals surface area contributed by atoms with Crippen molar-refractivity contribution >= 4 is 11.8 Å². The van der Waals surface area contributed by atoms with Crippen molar-refractivity contribution in [1.82, 2.24) is 15.1 Å². The normalized spacial score (nSPS) is 14.4. The molecule has 0 aromatic heterocycles. The number of carbonyl (C=O) groups is 2. The predicted octanol–water partition coefficient (Wildman–Crippen LogP) is 2.94. The molecule has 0 atom stereocenters. The summed E-state index contributed by atoms with van der Waals surface area (Å²) in [6, 6.07) is 17.4. The Morgan fingerprint density at radius 1 is 0.967 bits per heavy atom. The van der Waals surface area contributed by atoms with E-state index in [9.17, 15) is 9.59 Å². The fourth-order valence-corrected chi connectivity index (χ4v) is 3.56. The minimum atomic E-state index is -0.0917. The van der Waals surface area contributed by atoms with Gasteiger partial charge < -0.3 is 15.0 Å². The average molecular weight is 410 g/mol. The van der Waals surface area contributed by atoms with Crippen LogP contribution >= 0.6 is 0 Å². The Morgan fingerprint density at radius 3 is 2.33 bits per heavy atom. The smallest absolute Gasteiger partial charge is 0.251 e. The van der Waals surface area contributed by atoms with Crippen LogP contribution in [0.4, 0.5) is 0 Å². The van der Waals surface area contributed by atoms with Crippen LogP contribution in [0.5, 0.6) is 5.75 Å². The SMILES string of the molecule is CCOc1ccc(CN2CCN(C(=O)CCCNC(=O)c3ccccc3)CC2)cc1. The van der Waals surface area contributed by atoms with Gasteiger partial charge in [0.25, 0.3) is 5.91 Å². The number of piperazine rings is 1. The molecule has 2 aromatic carbocycles. The summed E-state index contributed by atoms with van der Waals surface area (Å²) in [6.07, 6.45) is 1.12. The molecule has 2 aromatic rings. The fraction of sp³-hybridized carbons (Fsp3) is 0.417.